The minimum Gasteiger partial charge on any atom is -0.469 e. The van der Waals surface area contributed by atoms with Crippen molar-refractivity contribution < 1.29 is 23.9 Å². The Hall–Kier alpha value is -2.50. The third-order valence-corrected chi connectivity index (χ3v) is 4.39. The van der Waals surface area contributed by atoms with E-state index >= 15 is 0 Å². The van der Waals surface area contributed by atoms with E-state index in [1.54, 1.807) is 52.0 Å². The number of rotatable bonds is 9. The number of amides is 1. The Morgan fingerprint density at radius 1 is 1.12 bits per heavy atom. The number of hydrogen-bond acceptors (Lipinski definition) is 5. The number of carbonyl (C=O) groups excluding carboxylic acids is 4. The highest BCUT2D eigenvalue weighted by molar-refractivity contribution is 5.98. The number of benzene rings is 1. The van der Waals surface area contributed by atoms with Gasteiger partial charge in [0.2, 0.25) is 0 Å². The molecule has 6 nitrogen and oxygen atoms in total. The van der Waals surface area contributed by atoms with Crippen molar-refractivity contribution in [2.45, 2.75) is 46.0 Å². The molecule has 0 aromatic heterocycles. The van der Waals surface area contributed by atoms with Crippen molar-refractivity contribution in [1.29, 1.82) is 0 Å². The van der Waals surface area contributed by atoms with Gasteiger partial charge in [-0.2, -0.15) is 0 Å². The van der Waals surface area contributed by atoms with Gasteiger partial charge in [0, 0.05) is 23.3 Å². The summed E-state index contributed by atoms with van der Waals surface area (Å²) >= 11 is 0. The van der Waals surface area contributed by atoms with Crippen LogP contribution >= 0.6 is 0 Å². The third-order valence-electron chi connectivity index (χ3n) is 4.39. The van der Waals surface area contributed by atoms with Crippen molar-refractivity contribution in [3.63, 3.8) is 0 Å². The predicted octanol–water partition coefficient (Wildman–Crippen LogP) is 2.44. The second-order valence-corrected chi connectivity index (χ2v) is 7.01. The lowest BCUT2D eigenvalue weighted by molar-refractivity contribution is -0.142. The van der Waals surface area contributed by atoms with Crippen molar-refractivity contribution >= 4 is 23.4 Å². The topological polar surface area (TPSA) is 89.5 Å². The molecule has 0 radical (unpaired) electrons. The van der Waals surface area contributed by atoms with Crippen LogP contribution in [-0.2, 0) is 24.5 Å². The molecular weight excluding hydrogens is 334 g/mol. The quantitative estimate of drug-likeness (QED) is 0.682. The fourth-order valence-electron chi connectivity index (χ4n) is 2.31. The lowest BCUT2D eigenvalue weighted by Crippen LogP contribution is -2.32. The predicted molar refractivity (Wildman–Crippen MR) is 97.9 cm³/mol. The molecule has 142 valence electrons. The first-order valence-corrected chi connectivity index (χ1v) is 8.61. The third kappa shape index (κ3) is 5.79. The van der Waals surface area contributed by atoms with Gasteiger partial charge in [-0.15, -0.1) is 0 Å². The average Bonchev–Trinajstić information content (AvgIpc) is 2.63. The zero-order chi connectivity index (χ0) is 19.9. The Balaban J connectivity index is 2.86. The smallest absolute Gasteiger partial charge is 0.305 e. The Morgan fingerprint density at radius 3 is 2.35 bits per heavy atom. The van der Waals surface area contributed by atoms with Crippen molar-refractivity contribution in [3.8, 4) is 0 Å². The van der Waals surface area contributed by atoms with Crippen LogP contribution in [0.15, 0.2) is 24.3 Å². The zero-order valence-electron chi connectivity index (χ0n) is 16.0. The second kappa shape index (κ2) is 9.27. The molecule has 0 fully saturated rings. The Bertz CT molecular complexity index is 691. The van der Waals surface area contributed by atoms with Gasteiger partial charge < -0.3 is 10.1 Å². The molecule has 0 spiro atoms. The molecule has 0 bridgehead atoms. The van der Waals surface area contributed by atoms with Gasteiger partial charge in [-0.3, -0.25) is 19.2 Å². The molecule has 26 heavy (non-hydrogen) atoms. The molecule has 0 aliphatic carbocycles. The summed E-state index contributed by atoms with van der Waals surface area (Å²) in [4.78, 5) is 47.7. The number of ketones is 2. The summed E-state index contributed by atoms with van der Waals surface area (Å²) in [5.74, 6) is -1.10. The summed E-state index contributed by atoms with van der Waals surface area (Å²) in [5.41, 5.74) is 0.209. The Kier molecular flexibility index (Phi) is 7.68. The van der Waals surface area contributed by atoms with Crippen LogP contribution in [0, 0.1) is 5.92 Å². The van der Waals surface area contributed by atoms with Crippen molar-refractivity contribution in [1.82, 2.24) is 5.32 Å². The monoisotopic (exact) mass is 361 g/mol. The number of hydrogen-bond donors (Lipinski definition) is 1. The van der Waals surface area contributed by atoms with Gasteiger partial charge in [0.15, 0.2) is 5.78 Å². The van der Waals surface area contributed by atoms with E-state index in [2.05, 4.69) is 10.1 Å². The van der Waals surface area contributed by atoms with Crippen molar-refractivity contribution in [2.24, 2.45) is 5.92 Å². The Labute approximate surface area is 154 Å². The van der Waals surface area contributed by atoms with Gasteiger partial charge in [-0.25, -0.2) is 0 Å². The first-order valence-electron chi connectivity index (χ1n) is 8.61. The van der Waals surface area contributed by atoms with Crippen LogP contribution in [0.1, 0.15) is 56.5 Å². The molecule has 0 heterocycles. The van der Waals surface area contributed by atoms with Gasteiger partial charge in [-0.1, -0.05) is 26.0 Å². The maximum absolute atomic E-state index is 12.5. The lowest BCUT2D eigenvalue weighted by atomic mass is 9.78. The summed E-state index contributed by atoms with van der Waals surface area (Å²) < 4.78 is 4.56. The van der Waals surface area contributed by atoms with E-state index in [0.29, 0.717) is 11.1 Å². The maximum atomic E-state index is 12.5. The number of nitrogens with one attached hydrogen (secondary N) is 1. The molecule has 0 unspecified atom stereocenters. The van der Waals surface area contributed by atoms with E-state index in [0.717, 1.165) is 0 Å². The van der Waals surface area contributed by atoms with E-state index in [-0.39, 0.29) is 42.8 Å². The van der Waals surface area contributed by atoms with Crippen LogP contribution in [0.5, 0.6) is 0 Å². The van der Waals surface area contributed by atoms with Gasteiger partial charge in [0.25, 0.3) is 5.91 Å². The van der Waals surface area contributed by atoms with Gasteiger partial charge >= 0.3 is 5.97 Å². The number of carbonyl (C=O) groups is 4. The van der Waals surface area contributed by atoms with E-state index in [9.17, 15) is 19.2 Å². The summed E-state index contributed by atoms with van der Waals surface area (Å²) in [6.07, 6.45) is 0.0925. The molecule has 0 aliphatic heterocycles. The van der Waals surface area contributed by atoms with E-state index in [1.165, 1.54) is 7.11 Å². The summed E-state index contributed by atoms with van der Waals surface area (Å²) in [6.45, 7) is 7.04. The first-order chi connectivity index (χ1) is 12.1. The molecule has 1 amide bonds. The second-order valence-electron chi connectivity index (χ2n) is 7.01. The molecule has 1 aromatic carbocycles. The van der Waals surface area contributed by atoms with Crippen LogP contribution in [-0.4, -0.2) is 37.1 Å². The number of Topliss-reactive ketones (excluding diaryl/α,β-unsaturated/α-hetero) is 2. The maximum Gasteiger partial charge on any atom is 0.305 e. The van der Waals surface area contributed by atoms with E-state index in [4.69, 9.17) is 0 Å². The highest BCUT2D eigenvalue weighted by Crippen LogP contribution is 2.27. The molecule has 0 atom stereocenters. The van der Waals surface area contributed by atoms with E-state index < -0.39 is 11.4 Å². The number of ether oxygens (including phenoxy) is 1. The fraction of sp³-hybridized carbons (Fsp3) is 0.500. The van der Waals surface area contributed by atoms with Crippen molar-refractivity contribution in [2.75, 3.05) is 13.7 Å². The normalized spacial score (nSPS) is 11.2. The largest absolute Gasteiger partial charge is 0.469 e. The number of esters is 1. The molecule has 6 heteroatoms. The molecule has 0 saturated carbocycles. The first kappa shape index (κ1) is 21.5. The SMILES string of the molecule is COC(=O)CCC(=O)C(C)(C)c1cccc(C(=O)NCC(=O)C(C)C)c1. The summed E-state index contributed by atoms with van der Waals surface area (Å²) in [5, 5.41) is 2.60. The molecular formula is C20H27NO5. The van der Waals surface area contributed by atoms with Gasteiger partial charge in [-0.05, 0) is 31.5 Å². The summed E-state index contributed by atoms with van der Waals surface area (Å²) in [7, 11) is 1.28. The lowest BCUT2D eigenvalue weighted by Gasteiger charge is -2.24. The van der Waals surface area contributed by atoms with Crippen LogP contribution in [0.3, 0.4) is 0 Å². The molecule has 1 aromatic rings. The van der Waals surface area contributed by atoms with Crippen LogP contribution < -0.4 is 5.32 Å². The number of methoxy groups -OCH3 is 1. The van der Waals surface area contributed by atoms with Gasteiger partial charge in [0.05, 0.1) is 20.1 Å². The molecule has 1 N–H and O–H groups in total. The Morgan fingerprint density at radius 2 is 1.77 bits per heavy atom. The van der Waals surface area contributed by atoms with Crippen LogP contribution in [0.25, 0.3) is 0 Å². The summed E-state index contributed by atoms with van der Waals surface area (Å²) in [6, 6.07) is 6.74. The molecule has 1 rings (SSSR count). The highest BCUT2D eigenvalue weighted by Gasteiger charge is 2.30. The fourth-order valence-corrected chi connectivity index (χ4v) is 2.31. The average molecular weight is 361 g/mol. The zero-order valence-corrected chi connectivity index (χ0v) is 16.0. The minimum absolute atomic E-state index is 0.0241. The van der Waals surface area contributed by atoms with Crippen LogP contribution in [0.2, 0.25) is 0 Å². The van der Waals surface area contributed by atoms with E-state index in [1.807, 2.05) is 0 Å². The highest BCUT2D eigenvalue weighted by atomic mass is 16.5. The minimum atomic E-state index is -0.849. The van der Waals surface area contributed by atoms with Crippen LogP contribution in [0.4, 0.5) is 0 Å². The van der Waals surface area contributed by atoms with Gasteiger partial charge in [0.1, 0.15) is 5.78 Å². The standard InChI is InChI=1S/C20H27NO5/c1-13(2)16(22)12-21-19(25)14-7-6-8-15(11-14)20(3,4)17(23)9-10-18(24)26-5/h6-8,11,13H,9-10,12H2,1-5H3,(H,21,25). The molecule has 0 aliphatic rings. The van der Waals surface area contributed by atoms with Crippen molar-refractivity contribution in [3.05, 3.63) is 35.4 Å². The molecule has 0 saturated heterocycles.